The lowest BCUT2D eigenvalue weighted by Crippen LogP contribution is -2.22. The zero-order valence-electron chi connectivity index (χ0n) is 15.6. The molecule has 144 valence electrons. The van der Waals surface area contributed by atoms with Gasteiger partial charge in [-0.2, -0.15) is 5.26 Å². The maximum absolute atomic E-state index is 11.9. The average Bonchev–Trinajstić information content (AvgIpc) is 2.68. The largest absolute Gasteiger partial charge is 0.372 e. The van der Waals surface area contributed by atoms with Crippen molar-refractivity contribution < 1.29 is 9.72 Å². The van der Waals surface area contributed by atoms with Gasteiger partial charge in [0.2, 0.25) is 5.91 Å². The quantitative estimate of drug-likeness (QED) is 0.403. The Bertz CT molecular complexity index is 932. The van der Waals surface area contributed by atoms with E-state index in [1.165, 1.54) is 12.1 Å². The summed E-state index contributed by atoms with van der Waals surface area (Å²) in [7, 11) is 0. The van der Waals surface area contributed by atoms with E-state index < -0.39 is 10.8 Å². The summed E-state index contributed by atoms with van der Waals surface area (Å²) < 4.78 is 0. The zero-order chi connectivity index (χ0) is 20.5. The Hall–Kier alpha value is -3.80. The summed E-state index contributed by atoms with van der Waals surface area (Å²) in [5.41, 5.74) is 1.53. The molecule has 0 atom stereocenters. The third-order valence-electron chi connectivity index (χ3n) is 3.97. The SMILES string of the molecule is CCN(CC)c1ccc(N=Nc2ccccc2[N+](=O)[O-])c(NC(=O)CC#N)c1. The second-order valence-corrected chi connectivity index (χ2v) is 5.70. The molecule has 2 rings (SSSR count). The van der Waals surface area contributed by atoms with Gasteiger partial charge in [0, 0.05) is 24.8 Å². The average molecular weight is 380 g/mol. The number of nitro groups is 1. The molecule has 0 bridgehead atoms. The van der Waals surface area contributed by atoms with Gasteiger partial charge >= 0.3 is 0 Å². The van der Waals surface area contributed by atoms with Crippen LogP contribution in [0, 0.1) is 21.4 Å². The number of nitrogens with zero attached hydrogens (tertiary/aromatic N) is 5. The standard InChI is InChI=1S/C19H20N6O3/c1-3-24(4-2)14-9-10-15(17(13-14)21-19(26)11-12-20)22-23-16-7-5-6-8-18(16)25(27)28/h5-10,13H,3-4,11H2,1-2H3,(H,21,26). The summed E-state index contributed by atoms with van der Waals surface area (Å²) in [4.78, 5) is 24.6. The predicted octanol–water partition coefficient (Wildman–Crippen LogP) is 4.71. The first kappa shape index (κ1) is 20.5. The highest BCUT2D eigenvalue weighted by molar-refractivity contribution is 5.95. The van der Waals surface area contributed by atoms with Crippen molar-refractivity contribution in [3.8, 4) is 6.07 Å². The molecule has 9 nitrogen and oxygen atoms in total. The van der Waals surface area contributed by atoms with Crippen LogP contribution in [0.4, 0.5) is 28.4 Å². The van der Waals surface area contributed by atoms with Crippen LogP contribution in [0.3, 0.4) is 0 Å². The number of azo groups is 1. The first-order chi connectivity index (χ1) is 13.5. The van der Waals surface area contributed by atoms with Crippen LogP contribution in [-0.4, -0.2) is 23.9 Å². The van der Waals surface area contributed by atoms with Crippen LogP contribution < -0.4 is 10.2 Å². The van der Waals surface area contributed by atoms with Gasteiger partial charge in [0.1, 0.15) is 12.1 Å². The Labute approximate surface area is 162 Å². The Kier molecular flexibility index (Phi) is 7.16. The fraction of sp³-hybridized carbons (Fsp3) is 0.263. The van der Waals surface area contributed by atoms with Gasteiger partial charge < -0.3 is 10.2 Å². The first-order valence-electron chi connectivity index (χ1n) is 8.71. The minimum absolute atomic E-state index is 0.106. The third kappa shape index (κ3) is 5.11. The van der Waals surface area contributed by atoms with Crippen LogP contribution in [0.2, 0.25) is 0 Å². The van der Waals surface area contributed by atoms with E-state index in [0.29, 0.717) is 11.4 Å². The molecule has 0 aliphatic carbocycles. The van der Waals surface area contributed by atoms with E-state index in [4.69, 9.17) is 5.26 Å². The van der Waals surface area contributed by atoms with Gasteiger partial charge in [-0.1, -0.05) is 12.1 Å². The van der Waals surface area contributed by atoms with E-state index >= 15 is 0 Å². The van der Waals surface area contributed by atoms with Crippen molar-refractivity contribution in [2.24, 2.45) is 10.2 Å². The molecular formula is C19H20N6O3. The number of hydrogen-bond acceptors (Lipinski definition) is 7. The fourth-order valence-corrected chi connectivity index (χ4v) is 2.57. The van der Waals surface area contributed by atoms with E-state index in [1.807, 2.05) is 19.9 Å². The molecule has 0 unspecified atom stereocenters. The summed E-state index contributed by atoms with van der Waals surface area (Å²) in [6.45, 7) is 5.58. The van der Waals surface area contributed by atoms with Crippen molar-refractivity contribution >= 4 is 34.3 Å². The zero-order valence-corrected chi connectivity index (χ0v) is 15.6. The van der Waals surface area contributed by atoms with Gasteiger partial charge in [-0.15, -0.1) is 10.2 Å². The molecule has 1 N–H and O–H groups in total. The normalized spacial score (nSPS) is 10.5. The molecule has 0 radical (unpaired) electrons. The van der Waals surface area contributed by atoms with Crippen LogP contribution in [0.1, 0.15) is 20.3 Å². The van der Waals surface area contributed by atoms with E-state index in [1.54, 1.807) is 30.3 Å². The topological polar surface area (TPSA) is 124 Å². The summed E-state index contributed by atoms with van der Waals surface area (Å²) in [5.74, 6) is -0.471. The van der Waals surface area contributed by atoms with Crippen LogP contribution in [0.5, 0.6) is 0 Å². The molecular weight excluding hydrogens is 360 g/mol. The van der Waals surface area contributed by atoms with Crippen molar-refractivity contribution in [2.45, 2.75) is 20.3 Å². The molecule has 0 saturated heterocycles. The second kappa shape index (κ2) is 9.78. The molecule has 1 amide bonds. The first-order valence-corrected chi connectivity index (χ1v) is 8.71. The molecule has 0 aromatic heterocycles. The number of nitro benzene ring substituents is 1. The lowest BCUT2D eigenvalue weighted by Gasteiger charge is -2.22. The van der Waals surface area contributed by atoms with Gasteiger partial charge in [-0.25, -0.2) is 0 Å². The monoisotopic (exact) mass is 380 g/mol. The Morgan fingerprint density at radius 3 is 2.50 bits per heavy atom. The molecule has 0 aliphatic heterocycles. The lowest BCUT2D eigenvalue weighted by molar-refractivity contribution is -0.384. The van der Waals surface area contributed by atoms with Crippen molar-refractivity contribution in [3.63, 3.8) is 0 Å². The molecule has 0 fully saturated rings. The molecule has 9 heteroatoms. The van der Waals surface area contributed by atoms with Gasteiger partial charge in [0.25, 0.3) is 5.69 Å². The van der Waals surface area contributed by atoms with Gasteiger partial charge in [0.05, 0.1) is 16.7 Å². The number of nitriles is 1. The molecule has 0 aliphatic rings. The van der Waals surface area contributed by atoms with E-state index in [0.717, 1.165) is 18.8 Å². The molecule has 0 spiro atoms. The van der Waals surface area contributed by atoms with Gasteiger partial charge in [-0.3, -0.25) is 14.9 Å². The molecule has 2 aromatic rings. The highest BCUT2D eigenvalue weighted by Gasteiger charge is 2.13. The molecule has 28 heavy (non-hydrogen) atoms. The number of carbonyl (C=O) groups excluding carboxylic acids is 1. The Morgan fingerprint density at radius 1 is 1.18 bits per heavy atom. The predicted molar refractivity (Wildman–Crippen MR) is 106 cm³/mol. The van der Waals surface area contributed by atoms with Crippen molar-refractivity contribution in [3.05, 3.63) is 52.6 Å². The van der Waals surface area contributed by atoms with E-state index in [9.17, 15) is 14.9 Å². The van der Waals surface area contributed by atoms with Crippen molar-refractivity contribution in [1.29, 1.82) is 5.26 Å². The molecule has 0 saturated carbocycles. The minimum atomic E-state index is -0.534. The van der Waals surface area contributed by atoms with E-state index in [-0.39, 0.29) is 17.8 Å². The maximum atomic E-state index is 11.9. The highest BCUT2D eigenvalue weighted by Crippen LogP contribution is 2.33. The van der Waals surface area contributed by atoms with Crippen LogP contribution in [0.15, 0.2) is 52.7 Å². The summed E-state index contributed by atoms with van der Waals surface area (Å²) in [5, 5.41) is 30.5. The number of carbonyl (C=O) groups is 1. The van der Waals surface area contributed by atoms with Crippen LogP contribution in [0.25, 0.3) is 0 Å². The number of rotatable bonds is 8. The maximum Gasteiger partial charge on any atom is 0.296 e. The number of benzene rings is 2. The Balaban J connectivity index is 2.43. The number of para-hydroxylation sites is 1. The number of amides is 1. The summed E-state index contributed by atoms with van der Waals surface area (Å²) >= 11 is 0. The Morgan fingerprint density at radius 2 is 1.86 bits per heavy atom. The number of hydrogen-bond donors (Lipinski definition) is 1. The van der Waals surface area contributed by atoms with Crippen LogP contribution in [-0.2, 0) is 4.79 Å². The number of anilines is 2. The lowest BCUT2D eigenvalue weighted by atomic mass is 10.2. The fourth-order valence-electron chi connectivity index (χ4n) is 2.57. The second-order valence-electron chi connectivity index (χ2n) is 5.70. The summed E-state index contributed by atoms with van der Waals surface area (Å²) in [6, 6.07) is 13.0. The van der Waals surface area contributed by atoms with Gasteiger partial charge in [0.15, 0.2) is 5.69 Å². The molecule has 0 heterocycles. The van der Waals surface area contributed by atoms with E-state index in [2.05, 4.69) is 20.4 Å². The minimum Gasteiger partial charge on any atom is -0.372 e. The summed E-state index contributed by atoms with van der Waals surface area (Å²) in [6.07, 6.45) is -0.295. The van der Waals surface area contributed by atoms with Gasteiger partial charge in [-0.05, 0) is 38.1 Å². The van der Waals surface area contributed by atoms with Crippen molar-refractivity contribution in [1.82, 2.24) is 0 Å². The molecule has 2 aromatic carbocycles. The number of nitrogens with one attached hydrogen (secondary N) is 1. The van der Waals surface area contributed by atoms with Crippen molar-refractivity contribution in [2.75, 3.05) is 23.3 Å². The van der Waals surface area contributed by atoms with Crippen LogP contribution >= 0.6 is 0 Å². The third-order valence-corrected chi connectivity index (χ3v) is 3.97. The smallest absolute Gasteiger partial charge is 0.296 e. The highest BCUT2D eigenvalue weighted by atomic mass is 16.6.